The number of imide groups is 1. The van der Waals surface area contributed by atoms with Gasteiger partial charge in [0.05, 0.1) is 16.8 Å². The Morgan fingerprint density at radius 2 is 1.83 bits per heavy atom. The largest absolute Gasteiger partial charge is 0.416 e. The number of aliphatic hydroxyl groups excluding tert-OH is 1. The van der Waals surface area contributed by atoms with Gasteiger partial charge in [-0.3, -0.25) is 9.59 Å². The van der Waals surface area contributed by atoms with Crippen molar-refractivity contribution in [3.05, 3.63) is 57.9 Å². The van der Waals surface area contributed by atoms with E-state index < -0.39 is 23.6 Å². The quantitative estimate of drug-likeness (QED) is 0.742. The summed E-state index contributed by atoms with van der Waals surface area (Å²) >= 11 is 1.32. The molecule has 5 nitrogen and oxygen atoms in total. The molecule has 2 aliphatic rings. The average molecular weight is 436 g/mol. The van der Waals surface area contributed by atoms with Crippen molar-refractivity contribution in [2.75, 3.05) is 24.6 Å². The molecule has 158 valence electrons. The zero-order valence-electron chi connectivity index (χ0n) is 15.9. The van der Waals surface area contributed by atoms with Gasteiger partial charge >= 0.3 is 6.18 Å². The Labute approximate surface area is 175 Å². The van der Waals surface area contributed by atoms with Crippen molar-refractivity contribution in [2.24, 2.45) is 5.92 Å². The van der Waals surface area contributed by atoms with Gasteiger partial charge in [0.2, 0.25) is 0 Å². The fraction of sp³-hybridized carbons (Fsp3) is 0.333. The molecule has 0 saturated carbocycles. The van der Waals surface area contributed by atoms with E-state index in [0.717, 1.165) is 42.0 Å². The highest BCUT2D eigenvalue weighted by Gasteiger charge is 2.44. The molecular formula is C21H19F3N2O3S. The second-order valence-corrected chi connectivity index (χ2v) is 8.28. The van der Waals surface area contributed by atoms with Crippen LogP contribution in [0.2, 0.25) is 0 Å². The SMILES string of the molecule is O=C1C(c2cccs2)=C(N2CCCC(CO)C2)C(=O)N1c1ccc(C(F)(F)F)cc1. The summed E-state index contributed by atoms with van der Waals surface area (Å²) < 4.78 is 38.7. The van der Waals surface area contributed by atoms with E-state index in [-0.39, 0.29) is 29.5 Å². The number of alkyl halides is 3. The fourth-order valence-electron chi connectivity index (χ4n) is 3.91. The van der Waals surface area contributed by atoms with Gasteiger partial charge < -0.3 is 10.0 Å². The minimum absolute atomic E-state index is 0.00106. The van der Waals surface area contributed by atoms with Crippen LogP contribution in [0.5, 0.6) is 0 Å². The van der Waals surface area contributed by atoms with E-state index in [1.165, 1.54) is 11.3 Å². The first-order chi connectivity index (χ1) is 14.3. The number of benzene rings is 1. The molecule has 1 aromatic heterocycles. The predicted octanol–water partition coefficient (Wildman–Crippen LogP) is 3.76. The standard InChI is InChI=1S/C21H19F3N2O3S/c22-21(23,24)14-5-7-15(8-6-14)26-19(28)17(16-4-2-10-30-16)18(20(26)29)25-9-1-3-13(11-25)12-27/h2,4-8,10,13,27H,1,3,9,11-12H2. The molecule has 1 N–H and O–H groups in total. The van der Waals surface area contributed by atoms with Gasteiger partial charge in [-0.15, -0.1) is 11.3 Å². The summed E-state index contributed by atoms with van der Waals surface area (Å²) in [6.45, 7) is 1.00. The summed E-state index contributed by atoms with van der Waals surface area (Å²) in [6.07, 6.45) is -2.90. The maximum absolute atomic E-state index is 13.3. The highest BCUT2D eigenvalue weighted by atomic mass is 32.1. The van der Waals surface area contributed by atoms with Crippen LogP contribution in [0.15, 0.2) is 47.5 Å². The van der Waals surface area contributed by atoms with Crippen molar-refractivity contribution in [3.8, 4) is 0 Å². The smallest absolute Gasteiger partial charge is 0.396 e. The monoisotopic (exact) mass is 436 g/mol. The number of thiophene rings is 1. The first-order valence-corrected chi connectivity index (χ1v) is 10.4. The molecule has 0 bridgehead atoms. The Morgan fingerprint density at radius 3 is 2.43 bits per heavy atom. The van der Waals surface area contributed by atoms with Crippen LogP contribution in [0.1, 0.15) is 23.3 Å². The predicted molar refractivity (Wildman–Crippen MR) is 107 cm³/mol. The minimum Gasteiger partial charge on any atom is -0.396 e. The molecule has 1 saturated heterocycles. The number of anilines is 1. The topological polar surface area (TPSA) is 60.9 Å². The molecule has 2 amide bonds. The zero-order chi connectivity index (χ0) is 21.5. The van der Waals surface area contributed by atoms with E-state index in [9.17, 15) is 27.9 Å². The van der Waals surface area contributed by atoms with Crippen LogP contribution >= 0.6 is 11.3 Å². The summed E-state index contributed by atoms with van der Waals surface area (Å²) in [7, 11) is 0. The van der Waals surface area contributed by atoms with Crippen molar-refractivity contribution >= 4 is 34.4 Å². The summed E-state index contributed by atoms with van der Waals surface area (Å²) in [5, 5.41) is 11.3. The third-order valence-electron chi connectivity index (χ3n) is 5.37. The number of amides is 2. The number of likely N-dealkylation sites (tertiary alicyclic amines) is 1. The third kappa shape index (κ3) is 3.63. The van der Waals surface area contributed by atoms with Gasteiger partial charge in [0.1, 0.15) is 5.70 Å². The molecule has 0 aliphatic carbocycles. The third-order valence-corrected chi connectivity index (χ3v) is 6.26. The molecule has 1 fully saturated rings. The molecule has 1 aromatic carbocycles. The van der Waals surface area contributed by atoms with Crippen molar-refractivity contribution in [3.63, 3.8) is 0 Å². The Morgan fingerprint density at radius 1 is 1.10 bits per heavy atom. The summed E-state index contributed by atoms with van der Waals surface area (Å²) in [6, 6.07) is 7.52. The number of carbonyl (C=O) groups is 2. The molecule has 3 heterocycles. The number of aliphatic hydroxyl groups is 1. The Hall–Kier alpha value is -2.65. The van der Waals surface area contributed by atoms with Crippen LogP contribution in [0.4, 0.5) is 18.9 Å². The van der Waals surface area contributed by atoms with Gasteiger partial charge in [-0.1, -0.05) is 6.07 Å². The molecule has 30 heavy (non-hydrogen) atoms. The van der Waals surface area contributed by atoms with Gasteiger partial charge in [0.25, 0.3) is 11.8 Å². The molecule has 0 radical (unpaired) electrons. The molecule has 9 heteroatoms. The number of halogens is 3. The molecule has 2 aliphatic heterocycles. The Balaban J connectivity index is 1.73. The molecular weight excluding hydrogens is 417 g/mol. The normalized spacial score (nSPS) is 20.5. The molecule has 4 rings (SSSR count). The van der Waals surface area contributed by atoms with Crippen molar-refractivity contribution in [1.82, 2.24) is 4.90 Å². The second-order valence-electron chi connectivity index (χ2n) is 7.33. The van der Waals surface area contributed by atoms with Gasteiger partial charge in [-0.25, -0.2) is 4.90 Å². The minimum atomic E-state index is -4.50. The lowest BCUT2D eigenvalue weighted by Crippen LogP contribution is -2.40. The lowest BCUT2D eigenvalue weighted by Gasteiger charge is -2.34. The van der Waals surface area contributed by atoms with Crippen LogP contribution in [0, 0.1) is 5.92 Å². The van der Waals surface area contributed by atoms with Gasteiger partial charge in [-0.2, -0.15) is 13.2 Å². The van der Waals surface area contributed by atoms with E-state index in [0.29, 0.717) is 18.0 Å². The molecule has 1 unspecified atom stereocenters. The zero-order valence-corrected chi connectivity index (χ0v) is 16.7. The number of carbonyl (C=O) groups excluding carboxylic acids is 2. The Bertz CT molecular complexity index is 984. The number of rotatable bonds is 4. The maximum atomic E-state index is 13.3. The molecule has 1 atom stereocenters. The Kier molecular flexibility index (Phi) is 5.42. The fourth-order valence-corrected chi connectivity index (χ4v) is 4.67. The van der Waals surface area contributed by atoms with Gasteiger partial charge in [0.15, 0.2) is 0 Å². The highest BCUT2D eigenvalue weighted by molar-refractivity contribution is 7.11. The van der Waals surface area contributed by atoms with E-state index in [4.69, 9.17) is 0 Å². The highest BCUT2D eigenvalue weighted by Crippen LogP contribution is 2.38. The van der Waals surface area contributed by atoms with E-state index in [1.807, 2.05) is 4.90 Å². The van der Waals surface area contributed by atoms with Gasteiger partial charge in [-0.05, 0) is 54.5 Å². The van der Waals surface area contributed by atoms with Gasteiger partial charge in [0, 0.05) is 24.6 Å². The van der Waals surface area contributed by atoms with E-state index in [1.54, 1.807) is 17.5 Å². The first kappa shape index (κ1) is 20.6. The van der Waals surface area contributed by atoms with E-state index in [2.05, 4.69) is 0 Å². The number of piperidine rings is 1. The molecule has 2 aromatic rings. The van der Waals surface area contributed by atoms with Crippen LogP contribution in [0.3, 0.4) is 0 Å². The van der Waals surface area contributed by atoms with Crippen LogP contribution in [0.25, 0.3) is 5.57 Å². The average Bonchev–Trinajstić information content (AvgIpc) is 3.33. The molecule has 0 spiro atoms. The second kappa shape index (κ2) is 7.88. The summed E-state index contributed by atoms with van der Waals surface area (Å²) in [5.41, 5.74) is -0.245. The number of hydrogen-bond acceptors (Lipinski definition) is 5. The van der Waals surface area contributed by atoms with Crippen LogP contribution in [-0.4, -0.2) is 41.5 Å². The van der Waals surface area contributed by atoms with Crippen LogP contribution < -0.4 is 4.90 Å². The maximum Gasteiger partial charge on any atom is 0.416 e. The van der Waals surface area contributed by atoms with Crippen LogP contribution in [-0.2, 0) is 15.8 Å². The van der Waals surface area contributed by atoms with Crippen molar-refractivity contribution in [1.29, 1.82) is 0 Å². The number of nitrogens with zero attached hydrogens (tertiary/aromatic N) is 2. The summed E-state index contributed by atoms with van der Waals surface area (Å²) in [4.78, 5) is 30.0. The number of hydrogen-bond donors (Lipinski definition) is 1. The van der Waals surface area contributed by atoms with E-state index >= 15 is 0 Å². The first-order valence-electron chi connectivity index (χ1n) is 9.51. The van der Waals surface area contributed by atoms with Crippen molar-refractivity contribution < 1.29 is 27.9 Å². The lowest BCUT2D eigenvalue weighted by atomic mass is 9.98. The summed E-state index contributed by atoms with van der Waals surface area (Å²) in [5.74, 6) is -1.11. The van der Waals surface area contributed by atoms with Crippen molar-refractivity contribution in [2.45, 2.75) is 19.0 Å². The lowest BCUT2D eigenvalue weighted by molar-refractivity contribution is -0.137.